The predicted octanol–water partition coefficient (Wildman–Crippen LogP) is 5.29. The van der Waals surface area contributed by atoms with Crippen molar-refractivity contribution in [3.63, 3.8) is 0 Å². The molecular formula is C25H30ClNO6. The second-order valence-corrected chi connectivity index (χ2v) is 8.00. The lowest BCUT2D eigenvalue weighted by Crippen LogP contribution is -2.40. The van der Waals surface area contributed by atoms with Crippen molar-refractivity contribution in [2.45, 2.75) is 45.1 Å². The number of nitrogens with zero attached hydrogens (tertiary/aromatic N) is 1. The van der Waals surface area contributed by atoms with Crippen molar-refractivity contribution < 1.29 is 28.5 Å². The van der Waals surface area contributed by atoms with E-state index in [0.717, 1.165) is 25.7 Å². The average Bonchev–Trinajstić information content (AvgIpc) is 3.32. The highest BCUT2D eigenvalue weighted by atomic mass is 35.5. The number of Topliss-reactive ketones (excluding diaryl/α,β-unsaturated/α-hetero) is 1. The number of amides is 1. The maximum Gasteiger partial charge on any atom is 0.242 e. The Morgan fingerprint density at radius 1 is 1.00 bits per heavy atom. The lowest BCUT2D eigenvalue weighted by Gasteiger charge is -2.31. The largest absolute Gasteiger partial charge is 0.493 e. The number of methoxy groups -OCH3 is 2. The molecule has 0 saturated carbocycles. The van der Waals surface area contributed by atoms with E-state index in [9.17, 15) is 9.59 Å². The highest BCUT2D eigenvalue weighted by Gasteiger charge is 2.33. The number of halogens is 1. The smallest absolute Gasteiger partial charge is 0.242 e. The molecule has 2 aromatic rings. The van der Waals surface area contributed by atoms with Crippen molar-refractivity contribution in [2.75, 3.05) is 31.8 Å². The third kappa shape index (κ3) is 5.71. The molecule has 1 aliphatic rings. The van der Waals surface area contributed by atoms with Gasteiger partial charge in [-0.1, -0.05) is 32.3 Å². The fourth-order valence-corrected chi connectivity index (χ4v) is 4.03. The Labute approximate surface area is 199 Å². The Hall–Kier alpha value is -2.93. The molecule has 0 N–H and O–H groups in total. The van der Waals surface area contributed by atoms with Gasteiger partial charge in [0.15, 0.2) is 28.8 Å². The van der Waals surface area contributed by atoms with Crippen molar-refractivity contribution in [3.05, 3.63) is 42.0 Å². The van der Waals surface area contributed by atoms with Gasteiger partial charge in [0.05, 0.1) is 14.2 Å². The van der Waals surface area contributed by atoms with Crippen molar-refractivity contribution in [1.82, 2.24) is 0 Å². The van der Waals surface area contributed by atoms with Crippen LogP contribution in [0.1, 0.15) is 50.6 Å². The molecule has 0 spiro atoms. The fraction of sp³-hybridized carbons (Fsp3) is 0.440. The van der Waals surface area contributed by atoms with Crippen molar-refractivity contribution >= 4 is 29.0 Å². The summed E-state index contributed by atoms with van der Waals surface area (Å²) >= 11 is 6.00. The van der Waals surface area contributed by atoms with Crippen LogP contribution in [0.4, 0.5) is 5.69 Å². The van der Waals surface area contributed by atoms with Crippen LogP contribution in [-0.2, 0) is 9.59 Å². The van der Waals surface area contributed by atoms with Crippen LogP contribution < -0.4 is 23.8 Å². The van der Waals surface area contributed by atoms with E-state index < -0.39 is 11.9 Å². The van der Waals surface area contributed by atoms with Gasteiger partial charge in [0, 0.05) is 18.2 Å². The summed E-state index contributed by atoms with van der Waals surface area (Å²) in [6, 6.07) is 9.52. The molecule has 1 unspecified atom stereocenters. The first-order valence-corrected chi connectivity index (χ1v) is 11.6. The van der Waals surface area contributed by atoms with Gasteiger partial charge < -0.3 is 18.9 Å². The highest BCUT2D eigenvalue weighted by molar-refractivity contribution is 6.30. The lowest BCUT2D eigenvalue weighted by atomic mass is 9.95. The van der Waals surface area contributed by atoms with E-state index in [1.807, 2.05) is 0 Å². The summed E-state index contributed by atoms with van der Waals surface area (Å²) in [5.41, 5.74) is 1.12. The number of carbonyl (C=O) groups is 2. The van der Waals surface area contributed by atoms with Crippen LogP contribution in [0.15, 0.2) is 36.4 Å². The van der Waals surface area contributed by atoms with Gasteiger partial charge in [-0.05, 0) is 36.2 Å². The number of alkyl halides is 1. The van der Waals surface area contributed by atoms with Gasteiger partial charge in [-0.25, -0.2) is 0 Å². The Morgan fingerprint density at radius 3 is 2.45 bits per heavy atom. The number of hydrogen-bond acceptors (Lipinski definition) is 6. The number of ether oxygens (including phenoxy) is 4. The van der Waals surface area contributed by atoms with Crippen LogP contribution in [0.2, 0.25) is 0 Å². The molecule has 3 rings (SSSR count). The molecule has 33 heavy (non-hydrogen) atoms. The summed E-state index contributed by atoms with van der Waals surface area (Å²) in [5, 5.41) is 0. The molecule has 0 radical (unpaired) electrons. The predicted molar refractivity (Wildman–Crippen MR) is 127 cm³/mol. The van der Waals surface area contributed by atoms with Gasteiger partial charge in [0.2, 0.25) is 12.7 Å². The molecule has 1 heterocycles. The van der Waals surface area contributed by atoms with E-state index in [1.165, 1.54) is 19.1 Å². The molecule has 0 saturated heterocycles. The van der Waals surface area contributed by atoms with Crippen LogP contribution in [0.3, 0.4) is 0 Å². The molecule has 2 aromatic carbocycles. The molecule has 0 fully saturated rings. The number of fused-ring (bicyclic) bond motifs is 1. The summed E-state index contributed by atoms with van der Waals surface area (Å²) in [6.45, 7) is 2.24. The van der Waals surface area contributed by atoms with Gasteiger partial charge in [-0.3, -0.25) is 14.5 Å². The molecule has 7 nitrogen and oxygen atoms in total. The van der Waals surface area contributed by atoms with Crippen molar-refractivity contribution in [1.29, 1.82) is 0 Å². The molecular weight excluding hydrogens is 446 g/mol. The second-order valence-electron chi connectivity index (χ2n) is 7.73. The average molecular weight is 476 g/mol. The maximum absolute atomic E-state index is 13.6. The maximum atomic E-state index is 13.6. The number of hydrogen-bond donors (Lipinski definition) is 0. The van der Waals surface area contributed by atoms with Crippen molar-refractivity contribution in [2.24, 2.45) is 0 Å². The van der Waals surface area contributed by atoms with E-state index in [4.69, 9.17) is 30.5 Å². The van der Waals surface area contributed by atoms with Gasteiger partial charge in [0.25, 0.3) is 0 Å². The quantitative estimate of drug-likeness (QED) is 0.307. The number of anilines is 1. The van der Waals surface area contributed by atoms with Crippen LogP contribution in [0.25, 0.3) is 0 Å². The van der Waals surface area contributed by atoms with Gasteiger partial charge in [-0.2, -0.15) is 0 Å². The van der Waals surface area contributed by atoms with Crippen LogP contribution in [-0.4, -0.2) is 38.6 Å². The topological polar surface area (TPSA) is 74.3 Å². The second kappa shape index (κ2) is 11.8. The summed E-state index contributed by atoms with van der Waals surface area (Å²) in [4.78, 5) is 28.1. The van der Waals surface area contributed by atoms with Gasteiger partial charge >= 0.3 is 0 Å². The number of rotatable bonds is 12. The first-order chi connectivity index (χ1) is 16.0. The first-order valence-electron chi connectivity index (χ1n) is 11.1. The molecule has 0 bridgehead atoms. The van der Waals surface area contributed by atoms with Crippen LogP contribution >= 0.6 is 11.6 Å². The number of ketones is 1. The highest BCUT2D eigenvalue weighted by Crippen LogP contribution is 2.39. The fourth-order valence-electron chi connectivity index (χ4n) is 3.90. The minimum absolute atomic E-state index is 0.0711. The van der Waals surface area contributed by atoms with Crippen molar-refractivity contribution in [3.8, 4) is 23.0 Å². The summed E-state index contributed by atoms with van der Waals surface area (Å²) in [6.07, 6.45) is 4.18. The van der Waals surface area contributed by atoms with Gasteiger partial charge in [-0.15, -0.1) is 11.6 Å². The Morgan fingerprint density at radius 2 is 1.76 bits per heavy atom. The summed E-state index contributed by atoms with van der Waals surface area (Å²) < 4.78 is 21.7. The minimum atomic E-state index is -0.870. The summed E-state index contributed by atoms with van der Waals surface area (Å²) in [5.74, 6) is 1.37. The molecule has 0 aromatic heterocycles. The Bertz CT molecular complexity index is 979. The third-order valence-corrected chi connectivity index (χ3v) is 5.81. The third-order valence-electron chi connectivity index (χ3n) is 5.58. The Balaban J connectivity index is 2.06. The van der Waals surface area contributed by atoms with Crippen LogP contribution in [0.5, 0.6) is 23.0 Å². The lowest BCUT2D eigenvalue weighted by molar-refractivity contribution is -0.124. The SMILES string of the molecule is CCCCCCC(=O)C(c1ccc2c(c1)OCO2)N(C(=O)CCl)c1ccc(OC)c(OC)c1. The number of benzene rings is 2. The standard InChI is InChI=1S/C25H30ClNO6/c1-4-5-6-7-8-19(28)25(17-9-11-21-23(13-17)33-16-32-21)27(24(29)15-26)18-10-12-20(30-2)22(14-18)31-3/h9-14,25H,4-8,15-16H2,1-3H3. The first kappa shape index (κ1) is 24.7. The normalized spacial score (nSPS) is 12.8. The number of unbranched alkanes of at least 4 members (excludes halogenated alkanes) is 3. The molecule has 1 amide bonds. The zero-order chi connectivity index (χ0) is 23.8. The van der Waals surface area contributed by atoms with Gasteiger partial charge in [0.1, 0.15) is 11.9 Å². The summed E-state index contributed by atoms with van der Waals surface area (Å²) in [7, 11) is 3.05. The van der Waals surface area contributed by atoms with E-state index in [-0.39, 0.29) is 18.5 Å². The minimum Gasteiger partial charge on any atom is -0.493 e. The molecule has 8 heteroatoms. The zero-order valence-electron chi connectivity index (χ0n) is 19.3. The van der Waals surface area contributed by atoms with E-state index in [1.54, 1.807) is 36.4 Å². The van der Waals surface area contributed by atoms with E-state index >= 15 is 0 Å². The van der Waals surface area contributed by atoms with Crippen LogP contribution in [0, 0.1) is 0 Å². The molecule has 1 atom stereocenters. The molecule has 178 valence electrons. The molecule has 1 aliphatic heterocycles. The Kier molecular flexibility index (Phi) is 8.83. The number of carbonyl (C=O) groups excluding carboxylic acids is 2. The zero-order valence-corrected chi connectivity index (χ0v) is 20.0. The molecule has 0 aliphatic carbocycles. The van der Waals surface area contributed by atoms with E-state index in [0.29, 0.717) is 40.7 Å². The monoisotopic (exact) mass is 475 g/mol. The van der Waals surface area contributed by atoms with E-state index in [2.05, 4.69) is 6.92 Å².